The van der Waals surface area contributed by atoms with Crippen molar-refractivity contribution in [2.45, 2.75) is 20.0 Å². The molecule has 1 aromatic carbocycles. The molecule has 0 radical (unpaired) electrons. The Balaban J connectivity index is 1.66. The van der Waals surface area contributed by atoms with Crippen LogP contribution in [0, 0.1) is 6.92 Å². The number of halogens is 1. The highest BCUT2D eigenvalue weighted by atomic mass is 35.5. The van der Waals surface area contributed by atoms with Gasteiger partial charge in [0.05, 0.1) is 11.4 Å². The molecule has 0 aliphatic heterocycles. The monoisotopic (exact) mass is 286 g/mol. The number of aromatic amines is 1. The Labute approximate surface area is 122 Å². The van der Waals surface area contributed by atoms with Gasteiger partial charge in [-0.05, 0) is 24.6 Å². The molecule has 0 unspecified atom stereocenters. The molecule has 0 bridgehead atoms. The number of nitrogens with one attached hydrogen (secondary N) is 2. The molecule has 0 saturated carbocycles. The van der Waals surface area contributed by atoms with Gasteiger partial charge in [0.2, 0.25) is 0 Å². The summed E-state index contributed by atoms with van der Waals surface area (Å²) in [6.07, 6.45) is 5.59. The summed E-state index contributed by atoms with van der Waals surface area (Å²) >= 11 is 5.97. The first-order valence-corrected chi connectivity index (χ1v) is 6.84. The van der Waals surface area contributed by atoms with Gasteiger partial charge < -0.3 is 10.3 Å². The van der Waals surface area contributed by atoms with E-state index < -0.39 is 0 Å². The zero-order chi connectivity index (χ0) is 13.9. The summed E-state index contributed by atoms with van der Waals surface area (Å²) in [5, 5.41) is 5.31. The zero-order valence-electron chi connectivity index (χ0n) is 11.2. The number of aromatic nitrogens is 3. The van der Waals surface area contributed by atoms with Crippen LogP contribution in [0.4, 0.5) is 0 Å². The first-order valence-electron chi connectivity index (χ1n) is 6.46. The Morgan fingerprint density at radius 3 is 2.90 bits per heavy atom. The lowest BCUT2D eigenvalue weighted by Crippen LogP contribution is -2.13. The number of rotatable bonds is 4. The van der Waals surface area contributed by atoms with Crippen LogP contribution < -0.4 is 5.32 Å². The Kier molecular flexibility index (Phi) is 3.67. The quantitative estimate of drug-likeness (QED) is 0.774. The molecule has 20 heavy (non-hydrogen) atoms. The number of benzene rings is 1. The predicted octanol–water partition coefficient (Wildman–Crippen LogP) is 3.21. The second-order valence-corrected chi connectivity index (χ2v) is 5.19. The summed E-state index contributed by atoms with van der Waals surface area (Å²) in [4.78, 5) is 11.8. The van der Waals surface area contributed by atoms with Crippen LogP contribution in [0.15, 0.2) is 36.8 Å². The van der Waals surface area contributed by atoms with Gasteiger partial charge in [-0.2, -0.15) is 0 Å². The van der Waals surface area contributed by atoms with Crippen molar-refractivity contribution in [1.29, 1.82) is 0 Å². The Hall–Kier alpha value is -1.91. The Morgan fingerprint density at radius 2 is 2.10 bits per heavy atom. The molecule has 4 nitrogen and oxygen atoms in total. The van der Waals surface area contributed by atoms with E-state index in [2.05, 4.69) is 20.3 Å². The summed E-state index contributed by atoms with van der Waals surface area (Å²) in [5.41, 5.74) is 4.15. The highest BCUT2D eigenvalue weighted by molar-refractivity contribution is 6.31. The molecule has 3 aromatic rings. The molecule has 102 valence electrons. The molecular formula is C15H15ClN4. The second-order valence-electron chi connectivity index (χ2n) is 4.76. The summed E-state index contributed by atoms with van der Waals surface area (Å²) in [6.45, 7) is 3.41. The largest absolute Gasteiger partial charge is 0.361 e. The molecule has 0 amide bonds. The van der Waals surface area contributed by atoms with Crippen LogP contribution in [0.3, 0.4) is 0 Å². The van der Waals surface area contributed by atoms with Gasteiger partial charge in [0.15, 0.2) is 0 Å². The van der Waals surface area contributed by atoms with Crippen molar-refractivity contribution < 1.29 is 0 Å². The van der Waals surface area contributed by atoms with Crippen molar-refractivity contribution in [3.8, 4) is 0 Å². The fourth-order valence-corrected chi connectivity index (χ4v) is 2.31. The maximum Gasteiger partial charge on any atom is 0.0724 e. The molecule has 0 atom stereocenters. The van der Waals surface area contributed by atoms with Gasteiger partial charge in [-0.15, -0.1) is 0 Å². The number of hydrogen-bond donors (Lipinski definition) is 2. The fourth-order valence-electron chi connectivity index (χ4n) is 2.14. The van der Waals surface area contributed by atoms with Gasteiger partial charge in [0, 0.05) is 47.6 Å². The maximum atomic E-state index is 5.97. The molecule has 2 aromatic heterocycles. The number of fused-ring (bicyclic) bond motifs is 1. The lowest BCUT2D eigenvalue weighted by molar-refractivity contribution is 0.678. The van der Waals surface area contributed by atoms with E-state index in [4.69, 9.17) is 11.6 Å². The highest BCUT2D eigenvalue weighted by Crippen LogP contribution is 2.21. The Morgan fingerprint density at radius 1 is 1.20 bits per heavy atom. The van der Waals surface area contributed by atoms with Crippen LogP contribution in [0.2, 0.25) is 5.02 Å². The van der Waals surface area contributed by atoms with Crippen molar-refractivity contribution >= 4 is 22.5 Å². The van der Waals surface area contributed by atoms with Gasteiger partial charge in [0.25, 0.3) is 0 Å². The Bertz CT molecular complexity index is 718. The van der Waals surface area contributed by atoms with E-state index in [1.165, 1.54) is 10.9 Å². The van der Waals surface area contributed by atoms with Crippen molar-refractivity contribution in [1.82, 2.24) is 20.3 Å². The lowest BCUT2D eigenvalue weighted by Gasteiger charge is -2.03. The molecule has 0 aliphatic rings. The van der Waals surface area contributed by atoms with Gasteiger partial charge in [0.1, 0.15) is 0 Å². The van der Waals surface area contributed by atoms with Crippen LogP contribution in [0.25, 0.3) is 10.9 Å². The average molecular weight is 287 g/mol. The summed E-state index contributed by atoms with van der Waals surface area (Å²) in [6, 6.07) is 5.88. The average Bonchev–Trinajstić information content (AvgIpc) is 2.83. The van der Waals surface area contributed by atoms with Crippen molar-refractivity contribution in [3.63, 3.8) is 0 Å². The summed E-state index contributed by atoms with van der Waals surface area (Å²) in [5.74, 6) is 0. The van der Waals surface area contributed by atoms with E-state index in [1.807, 2.05) is 31.3 Å². The third-order valence-corrected chi connectivity index (χ3v) is 3.42. The van der Waals surface area contributed by atoms with Crippen LogP contribution >= 0.6 is 11.6 Å². The van der Waals surface area contributed by atoms with Crippen LogP contribution in [0.1, 0.15) is 17.0 Å². The van der Waals surface area contributed by atoms with E-state index in [0.717, 1.165) is 28.5 Å². The lowest BCUT2D eigenvalue weighted by atomic mass is 10.2. The van der Waals surface area contributed by atoms with Gasteiger partial charge in [-0.3, -0.25) is 9.97 Å². The molecule has 0 aliphatic carbocycles. The van der Waals surface area contributed by atoms with Gasteiger partial charge in [-0.1, -0.05) is 17.7 Å². The maximum absolute atomic E-state index is 5.97. The minimum absolute atomic E-state index is 0.702. The minimum atomic E-state index is 0.702. The minimum Gasteiger partial charge on any atom is -0.361 e. The highest BCUT2D eigenvalue weighted by Gasteiger charge is 2.04. The number of nitrogens with zero attached hydrogens (tertiary/aromatic N) is 2. The van der Waals surface area contributed by atoms with Crippen LogP contribution in [-0.4, -0.2) is 15.0 Å². The van der Waals surface area contributed by atoms with Gasteiger partial charge >= 0.3 is 0 Å². The van der Waals surface area contributed by atoms with Crippen LogP contribution in [0.5, 0.6) is 0 Å². The topological polar surface area (TPSA) is 53.6 Å². The summed E-state index contributed by atoms with van der Waals surface area (Å²) in [7, 11) is 0. The second kappa shape index (κ2) is 5.61. The van der Waals surface area contributed by atoms with Crippen molar-refractivity contribution in [3.05, 3.63) is 58.8 Å². The zero-order valence-corrected chi connectivity index (χ0v) is 11.9. The molecular weight excluding hydrogens is 272 g/mol. The molecule has 0 fully saturated rings. The van der Waals surface area contributed by atoms with E-state index in [1.54, 1.807) is 12.4 Å². The van der Waals surface area contributed by atoms with Crippen molar-refractivity contribution in [2.75, 3.05) is 0 Å². The molecule has 0 saturated heterocycles. The molecule has 5 heteroatoms. The molecule has 3 rings (SSSR count). The smallest absolute Gasteiger partial charge is 0.0724 e. The standard InChI is InChI=1S/C15H15ClN4/c1-10-5-19-13(9-18-10)8-17-6-11-7-20-15-4-12(16)2-3-14(11)15/h2-5,7,9,17,20H,6,8H2,1H3. The third kappa shape index (κ3) is 2.81. The fraction of sp³-hybridized carbons (Fsp3) is 0.200. The van der Waals surface area contributed by atoms with E-state index in [9.17, 15) is 0 Å². The van der Waals surface area contributed by atoms with Crippen LogP contribution in [-0.2, 0) is 13.1 Å². The van der Waals surface area contributed by atoms with Gasteiger partial charge in [-0.25, -0.2) is 0 Å². The molecule has 2 N–H and O–H groups in total. The molecule has 0 spiro atoms. The number of hydrogen-bond acceptors (Lipinski definition) is 3. The molecule has 2 heterocycles. The normalized spacial score (nSPS) is 11.1. The number of H-pyrrole nitrogens is 1. The first-order chi connectivity index (χ1) is 9.72. The van der Waals surface area contributed by atoms with E-state index in [0.29, 0.717) is 6.54 Å². The third-order valence-electron chi connectivity index (χ3n) is 3.19. The van der Waals surface area contributed by atoms with Crippen molar-refractivity contribution in [2.24, 2.45) is 0 Å². The van der Waals surface area contributed by atoms with E-state index in [-0.39, 0.29) is 0 Å². The van der Waals surface area contributed by atoms with E-state index >= 15 is 0 Å². The summed E-state index contributed by atoms with van der Waals surface area (Å²) < 4.78 is 0. The number of aryl methyl sites for hydroxylation is 1. The SMILES string of the molecule is Cc1cnc(CNCc2c[nH]c3cc(Cl)ccc23)cn1. The first kappa shape index (κ1) is 13.1. The predicted molar refractivity (Wildman–Crippen MR) is 80.6 cm³/mol.